The Hall–Kier alpha value is -2.60. The van der Waals surface area contributed by atoms with Gasteiger partial charge in [-0.3, -0.25) is 13.9 Å². The largest absolute Gasteiger partial charge is 0.462 e. The number of imidazole rings is 1. The van der Waals surface area contributed by atoms with Crippen LogP contribution in [0.3, 0.4) is 0 Å². The molecule has 0 aliphatic carbocycles. The molecule has 2 aromatic heterocycles. The van der Waals surface area contributed by atoms with E-state index in [-0.39, 0.29) is 18.5 Å². The molecule has 3 aromatic rings. The number of para-hydroxylation sites is 1. The fraction of sp³-hybridized carbons (Fsp3) is 0.500. The molecular weight excluding hydrogens is 537 g/mol. The summed E-state index contributed by atoms with van der Waals surface area (Å²) in [5.41, 5.74) is 1.74. The van der Waals surface area contributed by atoms with E-state index >= 15 is 0 Å². The van der Waals surface area contributed by atoms with Crippen LogP contribution >= 0.6 is 19.3 Å². The third-order valence-electron chi connectivity index (χ3n) is 5.95. The third-order valence-corrected chi connectivity index (χ3v) is 8.00. The van der Waals surface area contributed by atoms with E-state index < -0.39 is 43.1 Å². The lowest BCUT2D eigenvalue weighted by atomic mass is 10.0. The van der Waals surface area contributed by atoms with Gasteiger partial charge in [-0.2, -0.15) is 5.09 Å². The predicted molar refractivity (Wildman–Crippen MR) is 139 cm³/mol. The summed E-state index contributed by atoms with van der Waals surface area (Å²) in [7, 11) is -4.17. The highest BCUT2D eigenvalue weighted by atomic mass is 35.5. The first-order chi connectivity index (χ1) is 17.9. The van der Waals surface area contributed by atoms with Gasteiger partial charge in [-0.1, -0.05) is 18.2 Å². The Bertz CT molecular complexity index is 1320. The Labute approximate surface area is 225 Å². The molecule has 0 amide bonds. The molecule has 1 aliphatic rings. The number of aliphatic hydroxyl groups excluding tert-OH is 1. The van der Waals surface area contributed by atoms with Gasteiger partial charge in [0.2, 0.25) is 0 Å². The van der Waals surface area contributed by atoms with E-state index in [4.69, 9.17) is 30.1 Å². The van der Waals surface area contributed by atoms with E-state index in [0.29, 0.717) is 16.9 Å². The Balaban J connectivity index is 1.54. The Morgan fingerprint density at radius 3 is 2.66 bits per heavy atom. The summed E-state index contributed by atoms with van der Waals surface area (Å²) in [6.45, 7) is 7.94. The van der Waals surface area contributed by atoms with Crippen molar-refractivity contribution in [2.45, 2.75) is 70.1 Å². The highest BCUT2D eigenvalue weighted by molar-refractivity contribution is 7.52. The van der Waals surface area contributed by atoms with Gasteiger partial charge in [0, 0.05) is 0 Å². The molecule has 0 bridgehead atoms. The second-order valence-electron chi connectivity index (χ2n) is 9.44. The van der Waals surface area contributed by atoms with Crippen molar-refractivity contribution < 1.29 is 33.0 Å². The quantitative estimate of drug-likeness (QED) is 0.211. The van der Waals surface area contributed by atoms with Gasteiger partial charge in [0.05, 0.1) is 24.7 Å². The van der Waals surface area contributed by atoms with Crippen LogP contribution in [0.1, 0.15) is 39.6 Å². The van der Waals surface area contributed by atoms with Crippen LogP contribution in [-0.4, -0.2) is 66.4 Å². The number of nitrogens with zero attached hydrogens (tertiary/aromatic N) is 4. The van der Waals surface area contributed by atoms with E-state index in [2.05, 4.69) is 20.0 Å². The zero-order chi connectivity index (χ0) is 27.7. The number of hydrogen-bond donors (Lipinski definition) is 2. The fourth-order valence-corrected chi connectivity index (χ4v) is 5.80. The molecule has 206 valence electrons. The summed E-state index contributed by atoms with van der Waals surface area (Å²) in [6, 6.07) is 7.33. The van der Waals surface area contributed by atoms with Crippen molar-refractivity contribution in [2.24, 2.45) is 0 Å². The van der Waals surface area contributed by atoms with Crippen LogP contribution in [0, 0.1) is 6.92 Å². The van der Waals surface area contributed by atoms with Gasteiger partial charge < -0.3 is 19.1 Å². The first-order valence-electron chi connectivity index (χ1n) is 12.1. The van der Waals surface area contributed by atoms with Crippen LogP contribution in [-0.2, 0) is 23.4 Å². The molecule has 1 saturated heterocycles. The molecule has 0 saturated carbocycles. The molecule has 12 nitrogen and oxygen atoms in total. The molecule has 0 spiro atoms. The van der Waals surface area contributed by atoms with E-state index in [1.807, 2.05) is 0 Å². The monoisotopic (exact) mass is 567 g/mol. The maximum absolute atomic E-state index is 13.8. The number of nitrogens with one attached hydrogen (secondary N) is 1. The Kier molecular flexibility index (Phi) is 8.41. The molecule has 6 atom stereocenters. The average molecular weight is 568 g/mol. The maximum atomic E-state index is 13.8. The summed E-state index contributed by atoms with van der Waals surface area (Å²) in [4.78, 5) is 23.8. The minimum absolute atomic E-state index is 0.251. The summed E-state index contributed by atoms with van der Waals surface area (Å²) >= 11 is 6.76. The number of fused-ring (bicyclic) bond motifs is 1. The van der Waals surface area contributed by atoms with E-state index in [0.717, 1.165) is 0 Å². The van der Waals surface area contributed by atoms with E-state index in [1.54, 1.807) is 62.6 Å². The number of carbonyl (C=O) groups excluding carboxylic acids is 1. The SMILES string of the molecule is Cc1ncnc2c1ncn2[C@@H]1O[C@H](CO[P@@](=O)(N[C@@H](C)C(=O)OC(C)C)Oc2ccccc2)[C@@H](O)[C@@]1(C)Cl. The number of ether oxygens (including phenoxy) is 2. The van der Waals surface area contributed by atoms with E-state index in [1.165, 1.54) is 19.6 Å². The van der Waals surface area contributed by atoms with Gasteiger partial charge in [0.15, 0.2) is 11.9 Å². The van der Waals surface area contributed by atoms with Crippen molar-refractivity contribution in [1.29, 1.82) is 0 Å². The number of benzene rings is 1. The minimum atomic E-state index is -4.17. The van der Waals surface area contributed by atoms with Crippen molar-refractivity contribution in [3.63, 3.8) is 0 Å². The standard InChI is InChI=1S/C24H31ClN5O7P/c1-14(2)35-22(32)16(4)29-38(33,37-17-9-7-6-8-10-17)34-11-18-20(31)24(5,25)23(36-18)30-13-28-19-15(3)26-12-27-21(19)30/h6-10,12-14,16,18,20,23,31H,11H2,1-5H3,(H,29,33)/t16-,18+,20+,23+,24+,38-/m0/s1. The van der Waals surface area contributed by atoms with Crippen LogP contribution in [0.15, 0.2) is 43.0 Å². The molecule has 1 fully saturated rings. The van der Waals surface area contributed by atoms with Gasteiger partial charge in [0.1, 0.15) is 40.7 Å². The lowest BCUT2D eigenvalue weighted by molar-refractivity contribution is -0.149. The Morgan fingerprint density at radius 2 is 1.97 bits per heavy atom. The minimum Gasteiger partial charge on any atom is -0.462 e. The first kappa shape index (κ1) is 28.4. The van der Waals surface area contributed by atoms with Crippen LogP contribution in [0.25, 0.3) is 11.2 Å². The number of esters is 1. The molecule has 4 rings (SSSR count). The predicted octanol–water partition coefficient (Wildman–Crippen LogP) is 3.52. The lowest BCUT2D eigenvalue weighted by Crippen LogP contribution is -2.40. The highest BCUT2D eigenvalue weighted by Crippen LogP contribution is 2.48. The highest BCUT2D eigenvalue weighted by Gasteiger charge is 2.54. The number of aliphatic hydroxyl groups is 1. The van der Waals surface area contributed by atoms with Crippen molar-refractivity contribution in [1.82, 2.24) is 24.6 Å². The lowest BCUT2D eigenvalue weighted by Gasteiger charge is -2.26. The second-order valence-corrected chi connectivity index (χ2v) is 11.9. The van der Waals surface area contributed by atoms with Gasteiger partial charge in [0.25, 0.3) is 0 Å². The van der Waals surface area contributed by atoms with Crippen molar-refractivity contribution in [3.8, 4) is 5.75 Å². The normalized spacial score (nSPS) is 25.8. The number of alkyl halides is 1. The van der Waals surface area contributed by atoms with E-state index in [9.17, 15) is 14.5 Å². The number of aromatic nitrogens is 4. The molecule has 0 unspecified atom stereocenters. The van der Waals surface area contributed by atoms with Crippen LogP contribution in [0.5, 0.6) is 5.75 Å². The van der Waals surface area contributed by atoms with Crippen LogP contribution in [0.4, 0.5) is 0 Å². The maximum Gasteiger partial charge on any atom is 0.459 e. The summed E-state index contributed by atoms with van der Waals surface area (Å²) in [6.07, 6.45) is -0.564. The molecule has 3 heterocycles. The molecule has 1 aromatic carbocycles. The number of rotatable bonds is 10. The summed E-state index contributed by atoms with van der Waals surface area (Å²) in [5, 5.41) is 13.6. The molecular formula is C24H31ClN5O7P. The zero-order valence-corrected chi connectivity index (χ0v) is 23.3. The number of hydrogen-bond acceptors (Lipinski definition) is 10. The smallest absolute Gasteiger partial charge is 0.459 e. The second kappa shape index (κ2) is 11.3. The Morgan fingerprint density at radius 1 is 1.26 bits per heavy atom. The van der Waals surface area contributed by atoms with Gasteiger partial charge in [-0.15, -0.1) is 11.6 Å². The van der Waals surface area contributed by atoms with Gasteiger partial charge >= 0.3 is 13.7 Å². The molecule has 2 N–H and O–H groups in total. The van der Waals surface area contributed by atoms with Crippen LogP contribution in [0.2, 0.25) is 0 Å². The van der Waals surface area contributed by atoms with Gasteiger partial charge in [-0.25, -0.2) is 19.5 Å². The topological polar surface area (TPSA) is 147 Å². The molecule has 38 heavy (non-hydrogen) atoms. The zero-order valence-electron chi connectivity index (χ0n) is 21.6. The fourth-order valence-electron chi connectivity index (χ4n) is 4.00. The molecule has 0 radical (unpaired) electrons. The molecule has 1 aliphatic heterocycles. The van der Waals surface area contributed by atoms with Crippen molar-refractivity contribution in [2.75, 3.05) is 6.61 Å². The molecule has 14 heteroatoms. The van der Waals surface area contributed by atoms with Crippen molar-refractivity contribution >= 4 is 36.5 Å². The van der Waals surface area contributed by atoms with Gasteiger partial charge in [-0.05, 0) is 46.8 Å². The number of carbonyl (C=O) groups is 1. The first-order valence-corrected chi connectivity index (χ1v) is 14.0. The van der Waals surface area contributed by atoms with Crippen molar-refractivity contribution in [3.05, 3.63) is 48.7 Å². The number of aryl methyl sites for hydroxylation is 1. The summed E-state index contributed by atoms with van der Waals surface area (Å²) < 4.78 is 38.0. The van der Waals surface area contributed by atoms with Crippen LogP contribution < -0.4 is 9.61 Å². The average Bonchev–Trinajstić information content (AvgIpc) is 3.37. The summed E-state index contributed by atoms with van der Waals surface area (Å²) in [5.74, 6) is -0.379. The third kappa shape index (κ3) is 6.01. The number of halogens is 1.